The molecule has 0 spiro atoms. The smallest absolute Gasteiger partial charge is 0.251 e. The third-order valence-corrected chi connectivity index (χ3v) is 9.30. The van der Waals surface area contributed by atoms with Gasteiger partial charge in [-0.15, -0.1) is 22.7 Å². The molecule has 5 rings (SSSR count). The molecule has 1 aliphatic rings. The van der Waals surface area contributed by atoms with E-state index in [1.54, 1.807) is 41.8 Å². The van der Waals surface area contributed by atoms with Crippen molar-refractivity contribution in [3.63, 3.8) is 0 Å². The highest BCUT2D eigenvalue weighted by Gasteiger charge is 2.48. The first-order valence-electron chi connectivity index (χ1n) is 12.6. The summed E-state index contributed by atoms with van der Waals surface area (Å²) in [5.41, 5.74) is 4.19. The van der Waals surface area contributed by atoms with E-state index in [0.717, 1.165) is 29.9 Å². The molecule has 4 aromatic rings. The predicted octanol–water partition coefficient (Wildman–Crippen LogP) is 4.74. The van der Waals surface area contributed by atoms with Crippen molar-refractivity contribution < 1.29 is 18.4 Å². The minimum atomic E-state index is -2.28. The van der Waals surface area contributed by atoms with Crippen LogP contribution in [0.4, 0.5) is 8.78 Å². The largest absolute Gasteiger partial charge is 0.384 e. The minimum Gasteiger partial charge on any atom is -0.384 e. The van der Waals surface area contributed by atoms with Crippen LogP contribution in [0.2, 0.25) is 0 Å². The molecule has 1 aliphatic heterocycles. The molecule has 1 fully saturated rings. The van der Waals surface area contributed by atoms with Crippen molar-refractivity contribution in [2.45, 2.75) is 31.1 Å². The van der Waals surface area contributed by atoms with Gasteiger partial charge in [0.25, 0.3) is 5.91 Å². The highest BCUT2D eigenvalue weighted by Crippen LogP contribution is 2.34. The fraction of sp³-hybridized carbons (Fsp3) is 0.286. The van der Waals surface area contributed by atoms with Crippen molar-refractivity contribution in [2.75, 3.05) is 19.8 Å². The first kappa shape index (κ1) is 27.7. The van der Waals surface area contributed by atoms with Gasteiger partial charge in [0.1, 0.15) is 18.3 Å². The summed E-state index contributed by atoms with van der Waals surface area (Å²) >= 11 is 2.92. The second-order valence-corrected chi connectivity index (χ2v) is 12.0. The number of nitrogen functional groups attached to an aromatic ring is 1. The Kier molecular flexibility index (Phi) is 7.56. The number of benzene rings is 2. The van der Waals surface area contributed by atoms with Gasteiger partial charge in [0.15, 0.2) is 5.67 Å². The normalized spacial score (nSPS) is 19.6. The second kappa shape index (κ2) is 10.9. The standard InChI is InChI=1S/C28H28F2N6O2S2/c1-15(22-9-17(12-39-22)25(31)32)35-26(33)20-10-28(30,13-29)14-36(20)24(37)11-34-27(38)16-6-7-19-18-4-2-3-5-21(18)40-23(19)8-16/h2-9,12,15,20H,10-11,13-14H2,1H3,(H3,31,32)(H2,33,35)(H,34,38)/t15-,20+,28+/m1/s1. The zero-order valence-corrected chi connectivity index (χ0v) is 23.2. The van der Waals surface area contributed by atoms with Crippen LogP contribution in [-0.2, 0) is 4.79 Å². The number of thiophene rings is 2. The molecular weight excluding hydrogens is 554 g/mol. The van der Waals surface area contributed by atoms with Crippen molar-refractivity contribution in [1.82, 2.24) is 15.5 Å². The number of hydrogen-bond donors (Lipinski definition) is 5. The predicted molar refractivity (Wildman–Crippen MR) is 156 cm³/mol. The van der Waals surface area contributed by atoms with Crippen LogP contribution in [-0.4, -0.2) is 59.9 Å². The van der Waals surface area contributed by atoms with Crippen LogP contribution in [0.5, 0.6) is 0 Å². The highest BCUT2D eigenvalue weighted by atomic mass is 32.1. The zero-order chi connectivity index (χ0) is 28.6. The lowest BCUT2D eigenvalue weighted by molar-refractivity contribution is -0.130. The number of carbonyl (C=O) groups excluding carboxylic acids is 2. The maximum absolute atomic E-state index is 15.1. The molecule has 40 heavy (non-hydrogen) atoms. The van der Waals surface area contributed by atoms with Crippen molar-refractivity contribution in [3.05, 3.63) is 69.9 Å². The highest BCUT2D eigenvalue weighted by molar-refractivity contribution is 7.25. The average molecular weight is 583 g/mol. The molecule has 3 atom stereocenters. The van der Waals surface area contributed by atoms with Crippen LogP contribution in [0.1, 0.15) is 40.2 Å². The molecule has 208 valence electrons. The number of hydrogen-bond acceptors (Lipinski definition) is 6. The van der Waals surface area contributed by atoms with Crippen LogP contribution in [0.15, 0.2) is 53.9 Å². The Bertz CT molecular complexity index is 1640. The van der Waals surface area contributed by atoms with Crippen molar-refractivity contribution >= 4 is 66.3 Å². The number of fused-ring (bicyclic) bond motifs is 3. The average Bonchev–Trinajstić information content (AvgIpc) is 3.67. The maximum atomic E-state index is 15.1. The van der Waals surface area contributed by atoms with E-state index in [1.165, 1.54) is 11.3 Å². The van der Waals surface area contributed by atoms with Gasteiger partial charge in [-0.2, -0.15) is 0 Å². The molecule has 0 aliphatic carbocycles. The molecule has 0 unspecified atom stereocenters. The lowest BCUT2D eigenvalue weighted by Gasteiger charge is -2.27. The number of halogens is 2. The van der Waals surface area contributed by atoms with Crippen molar-refractivity contribution in [2.24, 2.45) is 5.73 Å². The van der Waals surface area contributed by atoms with Gasteiger partial charge >= 0.3 is 0 Å². The summed E-state index contributed by atoms with van der Waals surface area (Å²) in [4.78, 5) is 27.9. The van der Waals surface area contributed by atoms with Gasteiger partial charge in [-0.3, -0.25) is 20.4 Å². The van der Waals surface area contributed by atoms with E-state index in [1.807, 2.05) is 30.3 Å². The van der Waals surface area contributed by atoms with Gasteiger partial charge in [0.05, 0.1) is 25.2 Å². The Balaban J connectivity index is 1.26. The summed E-state index contributed by atoms with van der Waals surface area (Å²) in [6.07, 6.45) is -0.368. The van der Waals surface area contributed by atoms with Gasteiger partial charge in [0, 0.05) is 48.0 Å². The first-order chi connectivity index (χ1) is 19.1. The Morgan fingerprint density at radius 2 is 1.90 bits per heavy atom. The molecule has 2 aromatic heterocycles. The number of amides is 2. The quantitative estimate of drug-likeness (QED) is 0.152. The molecule has 2 amide bonds. The van der Waals surface area contributed by atoms with Crippen LogP contribution >= 0.6 is 22.7 Å². The molecule has 0 saturated carbocycles. The number of likely N-dealkylation sites (tertiary alicyclic amines) is 1. The van der Waals surface area contributed by atoms with E-state index >= 15 is 4.39 Å². The van der Waals surface area contributed by atoms with E-state index < -0.39 is 43.3 Å². The maximum Gasteiger partial charge on any atom is 0.251 e. The second-order valence-electron chi connectivity index (χ2n) is 9.95. The van der Waals surface area contributed by atoms with Crippen LogP contribution in [0.25, 0.3) is 20.2 Å². The topological polar surface area (TPSA) is 135 Å². The molecule has 6 N–H and O–H groups in total. The van der Waals surface area contributed by atoms with Crippen molar-refractivity contribution in [1.29, 1.82) is 10.8 Å². The van der Waals surface area contributed by atoms with Crippen LogP contribution in [0, 0.1) is 10.8 Å². The molecule has 12 heteroatoms. The van der Waals surface area contributed by atoms with Gasteiger partial charge < -0.3 is 21.3 Å². The van der Waals surface area contributed by atoms with E-state index in [2.05, 4.69) is 10.6 Å². The molecular formula is C28H28F2N6O2S2. The third-order valence-electron chi connectivity index (χ3n) is 7.05. The van der Waals surface area contributed by atoms with Gasteiger partial charge in [-0.05, 0) is 31.2 Å². The Hall–Kier alpha value is -3.90. The first-order valence-corrected chi connectivity index (χ1v) is 14.3. The number of alkyl halides is 2. The molecule has 8 nitrogen and oxygen atoms in total. The summed E-state index contributed by atoms with van der Waals surface area (Å²) in [6, 6.07) is 13.6. The SMILES string of the molecule is C[C@@H](NC(=N)[C@@H]1C[C@](F)(CF)CN1C(=O)CNC(=O)c1ccc2c(c1)sc1ccccc12)c1cc(C(=N)N)cs1. The lowest BCUT2D eigenvalue weighted by Crippen LogP contribution is -2.49. The van der Waals surface area contributed by atoms with Crippen LogP contribution < -0.4 is 16.4 Å². The minimum absolute atomic E-state index is 0.0757. The van der Waals surface area contributed by atoms with Gasteiger partial charge in [-0.25, -0.2) is 8.78 Å². The van der Waals surface area contributed by atoms with Crippen LogP contribution in [0.3, 0.4) is 0 Å². The van der Waals surface area contributed by atoms with E-state index in [0.29, 0.717) is 11.1 Å². The fourth-order valence-corrected chi connectivity index (χ4v) is 6.96. The molecule has 2 aromatic carbocycles. The fourth-order valence-electron chi connectivity index (χ4n) is 4.90. The monoisotopic (exact) mass is 582 g/mol. The number of nitrogens with zero attached hydrogens (tertiary/aromatic N) is 1. The lowest BCUT2D eigenvalue weighted by atomic mass is 10.0. The summed E-state index contributed by atoms with van der Waals surface area (Å²) in [6.45, 7) is -0.429. The zero-order valence-electron chi connectivity index (χ0n) is 21.6. The molecule has 1 saturated heterocycles. The number of nitrogens with two attached hydrogens (primary N) is 1. The Labute approximate surface area is 237 Å². The molecule has 0 bridgehead atoms. The number of nitrogens with one attached hydrogen (secondary N) is 4. The summed E-state index contributed by atoms with van der Waals surface area (Å²) < 4.78 is 30.8. The number of carbonyl (C=O) groups is 2. The van der Waals surface area contributed by atoms with E-state index in [4.69, 9.17) is 16.6 Å². The molecule has 3 heterocycles. The molecule has 0 radical (unpaired) electrons. The van der Waals surface area contributed by atoms with E-state index in [-0.39, 0.29) is 24.1 Å². The number of rotatable bonds is 8. The summed E-state index contributed by atoms with van der Waals surface area (Å²) in [7, 11) is 0. The van der Waals surface area contributed by atoms with Crippen molar-refractivity contribution in [3.8, 4) is 0 Å². The Morgan fingerprint density at radius 3 is 2.62 bits per heavy atom. The summed E-state index contributed by atoms with van der Waals surface area (Å²) in [5, 5.41) is 25.6. The van der Waals surface area contributed by atoms with E-state index in [9.17, 15) is 14.0 Å². The Morgan fingerprint density at radius 1 is 1.15 bits per heavy atom. The van der Waals surface area contributed by atoms with Gasteiger partial charge in [-0.1, -0.05) is 24.3 Å². The third kappa shape index (κ3) is 5.41. The summed E-state index contributed by atoms with van der Waals surface area (Å²) in [5.74, 6) is -1.27. The number of amidine groups is 2. The van der Waals surface area contributed by atoms with Gasteiger partial charge in [0.2, 0.25) is 5.91 Å².